The van der Waals surface area contributed by atoms with Crippen LogP contribution in [0.4, 0.5) is 0 Å². The van der Waals surface area contributed by atoms with Crippen molar-refractivity contribution >= 4 is 11.7 Å². The van der Waals surface area contributed by atoms with Gasteiger partial charge in [-0.15, -0.1) is 0 Å². The number of hydrogen-bond acceptors (Lipinski definition) is 5. The molecule has 1 aliphatic rings. The zero-order chi connectivity index (χ0) is 22.5. The summed E-state index contributed by atoms with van der Waals surface area (Å²) in [6.45, 7) is 1.85. The van der Waals surface area contributed by atoms with Gasteiger partial charge in [0.1, 0.15) is 11.9 Å². The molecule has 3 aromatic rings. The van der Waals surface area contributed by atoms with E-state index in [1.54, 1.807) is 26.2 Å². The lowest BCUT2D eigenvalue weighted by Gasteiger charge is -2.13. The van der Waals surface area contributed by atoms with Crippen LogP contribution < -0.4 is 19.5 Å². The Hall–Kier alpha value is -3.80. The Morgan fingerprint density at radius 2 is 1.78 bits per heavy atom. The van der Waals surface area contributed by atoms with Gasteiger partial charge in [-0.25, -0.2) is 0 Å². The van der Waals surface area contributed by atoms with Gasteiger partial charge in [-0.1, -0.05) is 42.5 Å². The summed E-state index contributed by atoms with van der Waals surface area (Å²) in [5, 5.41) is 2.86. The summed E-state index contributed by atoms with van der Waals surface area (Å²) in [6, 6.07) is 20.7. The Labute approximate surface area is 187 Å². The first-order chi connectivity index (χ1) is 15.5. The quantitative estimate of drug-likeness (QED) is 0.545. The van der Waals surface area contributed by atoms with Gasteiger partial charge in [-0.2, -0.15) is 0 Å². The third-order valence-corrected chi connectivity index (χ3v) is 5.37. The summed E-state index contributed by atoms with van der Waals surface area (Å²) in [6.07, 6.45) is 0.525. The van der Waals surface area contributed by atoms with Crippen molar-refractivity contribution in [1.82, 2.24) is 5.32 Å². The number of amides is 1. The molecule has 6 heteroatoms. The van der Waals surface area contributed by atoms with Gasteiger partial charge in [0.05, 0.1) is 13.7 Å². The molecule has 1 aliphatic heterocycles. The molecule has 164 valence electrons. The van der Waals surface area contributed by atoms with Crippen molar-refractivity contribution in [1.29, 1.82) is 0 Å². The van der Waals surface area contributed by atoms with Gasteiger partial charge in [-0.05, 0) is 47.9 Å². The fraction of sp³-hybridized carbons (Fsp3) is 0.231. The zero-order valence-corrected chi connectivity index (χ0v) is 18.1. The third kappa shape index (κ3) is 4.75. The van der Waals surface area contributed by atoms with Crippen molar-refractivity contribution in [2.75, 3.05) is 20.3 Å². The van der Waals surface area contributed by atoms with Crippen LogP contribution >= 0.6 is 0 Å². The van der Waals surface area contributed by atoms with Gasteiger partial charge < -0.3 is 19.5 Å². The number of Topliss-reactive ketones (excluding diaryl/α,β-unsaturated/α-hetero) is 1. The van der Waals surface area contributed by atoms with Crippen LogP contribution in [-0.2, 0) is 11.2 Å². The van der Waals surface area contributed by atoms with Gasteiger partial charge >= 0.3 is 0 Å². The average Bonchev–Trinajstić information content (AvgIpc) is 3.23. The minimum atomic E-state index is -0.230. The molecule has 0 saturated heterocycles. The van der Waals surface area contributed by atoms with E-state index in [0.717, 1.165) is 22.4 Å². The molecule has 0 bridgehead atoms. The van der Waals surface area contributed by atoms with Crippen molar-refractivity contribution in [3.05, 3.63) is 77.9 Å². The number of carbonyl (C=O) groups excluding carboxylic acids is 2. The number of para-hydroxylation sites is 2. The molecule has 0 spiro atoms. The maximum Gasteiger partial charge on any atom is 0.258 e. The van der Waals surface area contributed by atoms with Crippen molar-refractivity contribution in [3.63, 3.8) is 0 Å². The molecule has 32 heavy (non-hydrogen) atoms. The van der Waals surface area contributed by atoms with Crippen LogP contribution in [0.2, 0.25) is 0 Å². The van der Waals surface area contributed by atoms with E-state index in [1.165, 1.54) is 0 Å². The number of rotatable bonds is 8. The van der Waals surface area contributed by atoms with Gasteiger partial charge in [0.15, 0.2) is 23.9 Å². The van der Waals surface area contributed by atoms with Crippen molar-refractivity contribution < 1.29 is 23.8 Å². The second-order valence-corrected chi connectivity index (χ2v) is 7.61. The fourth-order valence-corrected chi connectivity index (χ4v) is 3.80. The number of carbonyl (C=O) groups is 2. The van der Waals surface area contributed by atoms with E-state index in [0.29, 0.717) is 30.0 Å². The molecule has 0 unspecified atom stereocenters. The Bertz CT molecular complexity index is 1140. The maximum absolute atomic E-state index is 12.2. The SMILES string of the molecule is COc1ccccc1OCC(=O)NC[C@@H]1Cc2cc(-c3ccccc3C(C)=O)ccc2O1. The molecule has 4 rings (SSSR count). The zero-order valence-electron chi connectivity index (χ0n) is 18.1. The minimum absolute atomic E-state index is 0.0354. The highest BCUT2D eigenvalue weighted by Gasteiger charge is 2.24. The Morgan fingerprint density at radius 3 is 2.56 bits per heavy atom. The molecule has 0 aromatic heterocycles. The lowest BCUT2D eigenvalue weighted by Crippen LogP contribution is -2.37. The molecule has 0 fully saturated rings. The lowest BCUT2D eigenvalue weighted by atomic mass is 9.95. The van der Waals surface area contributed by atoms with Crippen LogP contribution in [0.1, 0.15) is 22.8 Å². The molecule has 6 nitrogen and oxygen atoms in total. The maximum atomic E-state index is 12.2. The largest absolute Gasteiger partial charge is 0.493 e. The number of benzene rings is 3. The molecule has 1 N–H and O–H groups in total. The minimum Gasteiger partial charge on any atom is -0.493 e. The summed E-state index contributed by atoms with van der Waals surface area (Å²) in [4.78, 5) is 24.2. The first-order valence-corrected chi connectivity index (χ1v) is 10.5. The van der Waals surface area contributed by atoms with Crippen LogP contribution in [0, 0.1) is 0 Å². The fourth-order valence-electron chi connectivity index (χ4n) is 3.80. The Morgan fingerprint density at radius 1 is 1.03 bits per heavy atom. The second-order valence-electron chi connectivity index (χ2n) is 7.61. The van der Waals surface area contributed by atoms with Crippen LogP contribution in [0.25, 0.3) is 11.1 Å². The van der Waals surface area contributed by atoms with Crippen LogP contribution in [-0.4, -0.2) is 38.1 Å². The van der Waals surface area contributed by atoms with Gasteiger partial charge in [0, 0.05) is 12.0 Å². The van der Waals surface area contributed by atoms with E-state index in [9.17, 15) is 9.59 Å². The summed E-state index contributed by atoms with van der Waals surface area (Å²) >= 11 is 0. The average molecular weight is 431 g/mol. The van der Waals surface area contributed by atoms with Gasteiger partial charge in [-0.3, -0.25) is 9.59 Å². The van der Waals surface area contributed by atoms with Crippen LogP contribution in [0.15, 0.2) is 66.7 Å². The van der Waals surface area contributed by atoms with Gasteiger partial charge in [0.25, 0.3) is 5.91 Å². The molecule has 1 atom stereocenters. The highest BCUT2D eigenvalue weighted by molar-refractivity contribution is 6.00. The molecular formula is C26H25NO5. The topological polar surface area (TPSA) is 73.9 Å². The normalized spacial score (nSPS) is 14.2. The predicted octanol–water partition coefficient (Wildman–Crippen LogP) is 4.06. The second kappa shape index (κ2) is 9.56. The molecule has 3 aromatic carbocycles. The van der Waals surface area contributed by atoms with Crippen molar-refractivity contribution in [2.45, 2.75) is 19.4 Å². The summed E-state index contributed by atoms with van der Waals surface area (Å²) < 4.78 is 16.8. The summed E-state index contributed by atoms with van der Waals surface area (Å²) in [5.41, 5.74) is 3.65. The first kappa shape index (κ1) is 21.4. The third-order valence-electron chi connectivity index (χ3n) is 5.37. The number of nitrogens with one attached hydrogen (secondary N) is 1. The predicted molar refractivity (Wildman–Crippen MR) is 122 cm³/mol. The molecular weight excluding hydrogens is 406 g/mol. The molecule has 0 saturated carbocycles. The van der Waals surface area contributed by atoms with E-state index in [4.69, 9.17) is 14.2 Å². The lowest BCUT2D eigenvalue weighted by molar-refractivity contribution is -0.123. The number of hydrogen-bond donors (Lipinski definition) is 1. The molecule has 1 amide bonds. The van der Waals surface area contributed by atoms with Crippen molar-refractivity contribution in [3.8, 4) is 28.4 Å². The van der Waals surface area contributed by atoms with Gasteiger partial charge in [0.2, 0.25) is 0 Å². The standard InChI is InChI=1S/C26H25NO5/c1-17(28)21-7-3-4-8-22(21)18-11-12-23-19(13-18)14-20(32-23)15-27-26(29)16-31-25-10-6-5-9-24(25)30-2/h3-13,20H,14-16H2,1-2H3,(H,27,29)/t20-/m0/s1. The first-order valence-electron chi connectivity index (χ1n) is 10.5. The molecule has 0 radical (unpaired) electrons. The summed E-state index contributed by atoms with van der Waals surface area (Å²) in [5.74, 6) is 1.71. The summed E-state index contributed by atoms with van der Waals surface area (Å²) in [7, 11) is 1.56. The van der Waals surface area contributed by atoms with E-state index < -0.39 is 0 Å². The monoisotopic (exact) mass is 431 g/mol. The number of ketones is 1. The van der Waals surface area contributed by atoms with Crippen LogP contribution in [0.3, 0.4) is 0 Å². The number of fused-ring (bicyclic) bond motifs is 1. The Kier molecular flexibility index (Phi) is 6.40. The highest BCUT2D eigenvalue weighted by atomic mass is 16.5. The Balaban J connectivity index is 1.34. The smallest absolute Gasteiger partial charge is 0.258 e. The van der Waals surface area contributed by atoms with E-state index >= 15 is 0 Å². The van der Waals surface area contributed by atoms with E-state index in [-0.39, 0.29) is 24.4 Å². The van der Waals surface area contributed by atoms with Crippen LogP contribution in [0.5, 0.6) is 17.2 Å². The highest BCUT2D eigenvalue weighted by Crippen LogP contribution is 2.34. The molecule has 1 heterocycles. The van der Waals surface area contributed by atoms with Crippen molar-refractivity contribution in [2.24, 2.45) is 0 Å². The number of methoxy groups -OCH3 is 1. The van der Waals surface area contributed by atoms with E-state index in [2.05, 4.69) is 11.4 Å². The number of ether oxygens (including phenoxy) is 3. The molecule has 0 aliphatic carbocycles. The van der Waals surface area contributed by atoms with E-state index in [1.807, 2.05) is 48.5 Å².